The molecule has 1 aromatic heterocycles. The smallest absolute Gasteiger partial charge is 0.203 e. The van der Waals surface area contributed by atoms with E-state index in [0.717, 1.165) is 16.4 Å². The molecule has 0 aliphatic rings. The van der Waals surface area contributed by atoms with Crippen molar-refractivity contribution >= 4 is 22.7 Å². The fourth-order valence-corrected chi connectivity index (χ4v) is 1.96. The third kappa shape index (κ3) is 2.88. The predicted octanol–water partition coefficient (Wildman–Crippen LogP) is 3.35. The monoisotopic (exact) mass is 249 g/mol. The van der Waals surface area contributed by atoms with E-state index in [9.17, 15) is 4.39 Å². The first-order chi connectivity index (χ1) is 8.16. The third-order valence-electron chi connectivity index (χ3n) is 2.29. The van der Waals surface area contributed by atoms with E-state index in [4.69, 9.17) is 0 Å². The number of hydrogen-bond acceptors (Lipinski definition) is 4. The number of benzene rings is 1. The quantitative estimate of drug-likeness (QED) is 0.669. The van der Waals surface area contributed by atoms with Gasteiger partial charge in [0.25, 0.3) is 0 Å². The molecule has 0 atom stereocenters. The van der Waals surface area contributed by atoms with Crippen LogP contribution < -0.4 is 5.43 Å². The van der Waals surface area contributed by atoms with Crippen LogP contribution in [0.25, 0.3) is 0 Å². The minimum absolute atomic E-state index is 0.223. The van der Waals surface area contributed by atoms with Gasteiger partial charge in [0.05, 0.1) is 11.9 Å². The van der Waals surface area contributed by atoms with Gasteiger partial charge in [0, 0.05) is 10.9 Å². The van der Waals surface area contributed by atoms with Crippen LogP contribution in [0.3, 0.4) is 0 Å². The van der Waals surface area contributed by atoms with Gasteiger partial charge in [0.2, 0.25) is 5.13 Å². The van der Waals surface area contributed by atoms with Crippen LogP contribution in [0.2, 0.25) is 0 Å². The summed E-state index contributed by atoms with van der Waals surface area (Å²) in [6.07, 6.45) is 1.59. The van der Waals surface area contributed by atoms with E-state index in [1.54, 1.807) is 19.2 Å². The van der Waals surface area contributed by atoms with Crippen LogP contribution >= 0.6 is 11.3 Å². The topological polar surface area (TPSA) is 37.3 Å². The minimum atomic E-state index is -0.223. The molecule has 5 heteroatoms. The molecule has 0 aliphatic heterocycles. The van der Waals surface area contributed by atoms with Crippen LogP contribution in [0.4, 0.5) is 9.52 Å². The van der Waals surface area contributed by atoms with E-state index < -0.39 is 0 Å². The molecule has 2 aromatic rings. The van der Waals surface area contributed by atoms with Crippen molar-refractivity contribution in [2.45, 2.75) is 13.8 Å². The van der Waals surface area contributed by atoms with E-state index in [2.05, 4.69) is 15.5 Å². The van der Waals surface area contributed by atoms with E-state index in [1.165, 1.54) is 17.4 Å². The molecule has 0 fully saturated rings. The predicted molar refractivity (Wildman–Crippen MR) is 69.2 cm³/mol. The summed E-state index contributed by atoms with van der Waals surface area (Å²) in [6.45, 7) is 3.65. The number of anilines is 1. The number of thiazole rings is 1. The molecule has 0 unspecified atom stereocenters. The maximum atomic E-state index is 13.2. The average Bonchev–Trinajstić information content (AvgIpc) is 2.70. The zero-order valence-electron chi connectivity index (χ0n) is 9.57. The van der Waals surface area contributed by atoms with E-state index in [-0.39, 0.29) is 5.82 Å². The molecule has 88 valence electrons. The van der Waals surface area contributed by atoms with Crippen LogP contribution in [0.1, 0.15) is 16.8 Å². The molecule has 0 spiro atoms. The van der Waals surface area contributed by atoms with Gasteiger partial charge < -0.3 is 0 Å². The van der Waals surface area contributed by atoms with Crippen molar-refractivity contribution in [1.29, 1.82) is 0 Å². The van der Waals surface area contributed by atoms with Crippen molar-refractivity contribution in [2.24, 2.45) is 5.10 Å². The Hall–Kier alpha value is -1.75. The van der Waals surface area contributed by atoms with Crippen LogP contribution in [0.15, 0.2) is 28.7 Å². The second-order valence-electron chi connectivity index (χ2n) is 3.62. The highest BCUT2D eigenvalue weighted by atomic mass is 32.1. The summed E-state index contributed by atoms with van der Waals surface area (Å²) < 4.78 is 13.2. The van der Waals surface area contributed by atoms with E-state index in [0.29, 0.717) is 5.56 Å². The normalized spacial score (nSPS) is 11.0. The Morgan fingerprint density at radius 1 is 1.41 bits per heavy atom. The van der Waals surface area contributed by atoms with Gasteiger partial charge in [0.15, 0.2) is 0 Å². The highest BCUT2D eigenvalue weighted by Crippen LogP contribution is 2.14. The fourth-order valence-electron chi connectivity index (χ4n) is 1.33. The van der Waals surface area contributed by atoms with Gasteiger partial charge in [0.1, 0.15) is 5.82 Å². The molecule has 0 radical (unpaired) electrons. The first-order valence-corrected chi connectivity index (χ1v) is 6.01. The molecule has 1 heterocycles. The van der Waals surface area contributed by atoms with Crippen molar-refractivity contribution in [3.63, 3.8) is 0 Å². The number of aryl methyl sites for hydroxylation is 1. The highest BCUT2D eigenvalue weighted by molar-refractivity contribution is 7.13. The van der Waals surface area contributed by atoms with Crippen molar-refractivity contribution in [2.75, 3.05) is 5.43 Å². The number of hydrazone groups is 1. The summed E-state index contributed by atoms with van der Waals surface area (Å²) in [5.74, 6) is -0.223. The van der Waals surface area contributed by atoms with Gasteiger partial charge in [-0.2, -0.15) is 5.10 Å². The Kier molecular flexibility index (Phi) is 3.49. The zero-order chi connectivity index (χ0) is 12.3. The summed E-state index contributed by atoms with van der Waals surface area (Å²) in [5.41, 5.74) is 5.11. The molecule has 17 heavy (non-hydrogen) atoms. The minimum Gasteiger partial charge on any atom is -0.253 e. The van der Waals surface area contributed by atoms with Gasteiger partial charge >= 0.3 is 0 Å². The Bertz CT molecular complexity index is 548. The number of nitrogens with zero attached hydrogens (tertiary/aromatic N) is 2. The Morgan fingerprint density at radius 2 is 2.24 bits per heavy atom. The van der Waals surface area contributed by atoms with Gasteiger partial charge in [-0.1, -0.05) is 12.1 Å². The fraction of sp³-hybridized carbons (Fsp3) is 0.167. The number of hydrogen-bond donors (Lipinski definition) is 1. The lowest BCUT2D eigenvalue weighted by Gasteiger charge is -2.00. The molecule has 0 amide bonds. The molecule has 0 aliphatic carbocycles. The van der Waals surface area contributed by atoms with Gasteiger partial charge in [-0.15, -0.1) is 11.3 Å². The number of halogens is 1. The lowest BCUT2D eigenvalue weighted by atomic mass is 10.1. The molecule has 0 saturated heterocycles. The lowest BCUT2D eigenvalue weighted by Crippen LogP contribution is -1.94. The summed E-state index contributed by atoms with van der Waals surface area (Å²) in [7, 11) is 0. The number of aromatic nitrogens is 1. The van der Waals surface area contributed by atoms with E-state index in [1.807, 2.05) is 18.4 Å². The number of rotatable bonds is 3. The molecular weight excluding hydrogens is 237 g/mol. The van der Waals surface area contributed by atoms with Crippen LogP contribution in [-0.2, 0) is 0 Å². The van der Waals surface area contributed by atoms with Crippen molar-refractivity contribution < 1.29 is 4.39 Å². The molecule has 0 saturated carbocycles. The number of nitrogens with one attached hydrogen (secondary N) is 1. The molecule has 1 N–H and O–H groups in total. The molecule has 1 aromatic carbocycles. The maximum Gasteiger partial charge on any atom is 0.203 e. The second-order valence-corrected chi connectivity index (χ2v) is 4.48. The standard InChI is InChI=1S/C12H12FN3S/c1-8-7-17-12(15-8)16-14-6-10-4-3-5-11(13)9(10)2/h3-7H,1-2H3,(H,15,16). The van der Waals surface area contributed by atoms with Crippen LogP contribution in [0, 0.1) is 19.7 Å². The highest BCUT2D eigenvalue weighted by Gasteiger charge is 2.00. The van der Waals surface area contributed by atoms with Gasteiger partial charge in [-0.25, -0.2) is 9.37 Å². The first kappa shape index (κ1) is 11.7. The van der Waals surface area contributed by atoms with Gasteiger partial charge in [-0.05, 0) is 25.5 Å². The summed E-state index contributed by atoms with van der Waals surface area (Å²) in [5, 5.41) is 6.70. The Labute approximate surface area is 103 Å². The zero-order valence-corrected chi connectivity index (χ0v) is 10.4. The molecule has 3 nitrogen and oxygen atoms in total. The average molecular weight is 249 g/mol. The molecule has 2 rings (SSSR count). The maximum absolute atomic E-state index is 13.2. The van der Waals surface area contributed by atoms with Crippen LogP contribution in [0.5, 0.6) is 0 Å². The molecule has 0 bridgehead atoms. The summed E-state index contributed by atoms with van der Waals surface area (Å²) in [4.78, 5) is 4.20. The first-order valence-electron chi connectivity index (χ1n) is 5.13. The van der Waals surface area contributed by atoms with Crippen LogP contribution in [-0.4, -0.2) is 11.2 Å². The van der Waals surface area contributed by atoms with Gasteiger partial charge in [-0.3, -0.25) is 5.43 Å². The second kappa shape index (κ2) is 5.05. The van der Waals surface area contributed by atoms with Crippen molar-refractivity contribution in [1.82, 2.24) is 4.98 Å². The Balaban J connectivity index is 2.08. The summed E-state index contributed by atoms with van der Waals surface area (Å²) >= 11 is 1.48. The van der Waals surface area contributed by atoms with E-state index >= 15 is 0 Å². The largest absolute Gasteiger partial charge is 0.253 e. The SMILES string of the molecule is Cc1csc(NN=Cc2cccc(F)c2C)n1. The lowest BCUT2D eigenvalue weighted by molar-refractivity contribution is 0.618. The third-order valence-corrected chi connectivity index (χ3v) is 3.16. The van der Waals surface area contributed by atoms with Crippen molar-refractivity contribution in [3.8, 4) is 0 Å². The summed E-state index contributed by atoms with van der Waals surface area (Å²) in [6, 6.07) is 4.91. The van der Waals surface area contributed by atoms with Crippen molar-refractivity contribution in [3.05, 3.63) is 46.2 Å². The molecular formula is C12H12FN3S. The Morgan fingerprint density at radius 3 is 2.94 bits per heavy atom.